The molecule has 1 aromatic heterocycles. The van der Waals surface area contributed by atoms with E-state index >= 15 is 0 Å². The van der Waals surface area contributed by atoms with Crippen molar-refractivity contribution in [2.45, 2.75) is 25.7 Å². The zero-order chi connectivity index (χ0) is 18.5. The average Bonchev–Trinajstić information content (AvgIpc) is 2.93. The molecule has 3 rings (SSSR count). The predicted molar refractivity (Wildman–Crippen MR) is 99.1 cm³/mol. The van der Waals surface area contributed by atoms with Gasteiger partial charge in [-0.25, -0.2) is 0 Å². The van der Waals surface area contributed by atoms with Crippen LogP contribution in [0.15, 0.2) is 23.1 Å². The third kappa shape index (κ3) is 4.52. The molecule has 0 aliphatic carbocycles. The van der Waals surface area contributed by atoms with Crippen LogP contribution in [0.1, 0.15) is 36.0 Å². The third-order valence-corrected chi connectivity index (χ3v) is 5.33. The number of likely N-dealkylation sites (tertiary alicyclic amines) is 1. The quantitative estimate of drug-likeness (QED) is 0.789. The van der Waals surface area contributed by atoms with E-state index in [1.54, 1.807) is 24.2 Å². The topological polar surface area (TPSA) is 65.9 Å². The van der Waals surface area contributed by atoms with Crippen LogP contribution >= 0.6 is 0 Å². The van der Waals surface area contributed by atoms with Gasteiger partial charge < -0.3 is 14.4 Å². The minimum absolute atomic E-state index is 0.110. The van der Waals surface area contributed by atoms with Gasteiger partial charge in [0.05, 0.1) is 6.54 Å². The monoisotopic (exact) mass is 360 g/mol. The average molecular weight is 360 g/mol. The van der Waals surface area contributed by atoms with Gasteiger partial charge in [-0.15, -0.1) is 0 Å². The van der Waals surface area contributed by atoms with E-state index in [0.717, 1.165) is 25.9 Å². The summed E-state index contributed by atoms with van der Waals surface area (Å²) in [6.07, 6.45) is 6.25. The van der Waals surface area contributed by atoms with Crippen molar-refractivity contribution < 1.29 is 9.59 Å². The highest BCUT2D eigenvalue weighted by molar-refractivity contribution is 5.94. The lowest BCUT2D eigenvalue weighted by Crippen LogP contribution is -2.51. The summed E-state index contributed by atoms with van der Waals surface area (Å²) in [5, 5.41) is 0. The molecule has 2 saturated heterocycles. The maximum Gasteiger partial charge on any atom is 0.254 e. The second-order valence-electron chi connectivity index (χ2n) is 7.23. The number of carbonyl (C=O) groups is 2. The normalized spacial score (nSPS) is 19.3. The molecule has 2 fully saturated rings. The van der Waals surface area contributed by atoms with E-state index in [4.69, 9.17) is 0 Å². The molecule has 0 N–H and O–H groups in total. The Hall–Kier alpha value is -2.15. The molecule has 142 valence electrons. The second kappa shape index (κ2) is 8.49. The predicted octanol–water partition coefficient (Wildman–Crippen LogP) is 0.546. The number of pyridine rings is 1. The second-order valence-corrected chi connectivity index (χ2v) is 7.23. The van der Waals surface area contributed by atoms with Crippen molar-refractivity contribution in [1.82, 2.24) is 19.3 Å². The van der Waals surface area contributed by atoms with Gasteiger partial charge in [0.2, 0.25) is 5.91 Å². The first-order valence-electron chi connectivity index (χ1n) is 9.51. The Bertz CT molecular complexity index is 699. The molecule has 3 heterocycles. The van der Waals surface area contributed by atoms with Crippen LogP contribution in [0.3, 0.4) is 0 Å². The Balaban J connectivity index is 1.50. The largest absolute Gasteiger partial charge is 0.342 e. The van der Waals surface area contributed by atoms with Gasteiger partial charge in [-0.3, -0.25) is 19.3 Å². The molecular formula is C19H28N4O3. The molecule has 7 nitrogen and oxygen atoms in total. The van der Waals surface area contributed by atoms with Crippen molar-refractivity contribution in [3.8, 4) is 0 Å². The molecular weight excluding hydrogens is 332 g/mol. The lowest BCUT2D eigenvalue weighted by molar-refractivity contribution is -0.132. The highest BCUT2D eigenvalue weighted by Gasteiger charge is 2.25. The van der Waals surface area contributed by atoms with Crippen molar-refractivity contribution in [2.75, 3.05) is 45.8 Å². The van der Waals surface area contributed by atoms with Crippen molar-refractivity contribution in [1.29, 1.82) is 0 Å². The standard InChI is InChI=1S/C19H28N4O3/c1-20-9-6-16(14-17(20)24)19(26)23-12-10-21(11-13-23)15-18(25)22-7-4-2-3-5-8-22/h6,9,14H,2-5,7-8,10-13,15H2,1H3. The smallest absolute Gasteiger partial charge is 0.254 e. The van der Waals surface area contributed by atoms with E-state index in [0.29, 0.717) is 38.3 Å². The van der Waals surface area contributed by atoms with Gasteiger partial charge >= 0.3 is 0 Å². The van der Waals surface area contributed by atoms with Gasteiger partial charge in [0, 0.05) is 64.1 Å². The number of piperazine rings is 1. The third-order valence-electron chi connectivity index (χ3n) is 5.33. The van der Waals surface area contributed by atoms with Crippen molar-refractivity contribution in [3.05, 3.63) is 34.2 Å². The van der Waals surface area contributed by atoms with Gasteiger partial charge in [0.1, 0.15) is 0 Å². The van der Waals surface area contributed by atoms with E-state index < -0.39 is 0 Å². The zero-order valence-electron chi connectivity index (χ0n) is 15.5. The molecule has 7 heteroatoms. The van der Waals surface area contributed by atoms with Gasteiger partial charge in [-0.1, -0.05) is 12.8 Å². The SMILES string of the molecule is Cn1ccc(C(=O)N2CCN(CC(=O)N3CCCCCC3)CC2)cc1=O. The van der Waals surface area contributed by atoms with E-state index in [2.05, 4.69) is 4.90 Å². The highest BCUT2D eigenvalue weighted by Crippen LogP contribution is 2.12. The molecule has 2 amide bonds. The van der Waals surface area contributed by atoms with Crippen molar-refractivity contribution in [3.63, 3.8) is 0 Å². The minimum atomic E-state index is -0.183. The lowest BCUT2D eigenvalue weighted by Gasteiger charge is -2.35. The van der Waals surface area contributed by atoms with Crippen LogP contribution in [-0.2, 0) is 11.8 Å². The Morgan fingerprint density at radius 1 is 0.923 bits per heavy atom. The summed E-state index contributed by atoms with van der Waals surface area (Å²) >= 11 is 0. The Morgan fingerprint density at radius 2 is 1.58 bits per heavy atom. The number of aromatic nitrogens is 1. The summed E-state index contributed by atoms with van der Waals surface area (Å²) in [5.74, 6) is 0.0967. The van der Waals surface area contributed by atoms with Gasteiger partial charge in [0.15, 0.2) is 0 Å². The van der Waals surface area contributed by atoms with E-state index in [1.165, 1.54) is 23.5 Å². The molecule has 0 aromatic carbocycles. The maximum atomic E-state index is 12.6. The fourth-order valence-corrected chi connectivity index (χ4v) is 3.58. The Labute approximate surface area is 154 Å². The molecule has 0 bridgehead atoms. The molecule has 0 saturated carbocycles. The fraction of sp³-hybridized carbons (Fsp3) is 0.632. The van der Waals surface area contributed by atoms with Gasteiger partial charge in [-0.05, 0) is 18.9 Å². The number of hydrogen-bond donors (Lipinski definition) is 0. The van der Waals surface area contributed by atoms with Gasteiger partial charge in [-0.2, -0.15) is 0 Å². The van der Waals surface area contributed by atoms with E-state index in [9.17, 15) is 14.4 Å². The summed E-state index contributed by atoms with van der Waals surface area (Å²) in [7, 11) is 1.66. The van der Waals surface area contributed by atoms with Crippen LogP contribution in [0.2, 0.25) is 0 Å². The number of aryl methyl sites for hydroxylation is 1. The zero-order valence-corrected chi connectivity index (χ0v) is 15.5. The highest BCUT2D eigenvalue weighted by atomic mass is 16.2. The van der Waals surface area contributed by atoms with Crippen LogP contribution in [0.25, 0.3) is 0 Å². The molecule has 0 atom stereocenters. The minimum Gasteiger partial charge on any atom is -0.342 e. The Kier molecular flexibility index (Phi) is 6.08. The molecule has 0 radical (unpaired) electrons. The molecule has 2 aliphatic heterocycles. The molecule has 2 aliphatic rings. The van der Waals surface area contributed by atoms with Crippen LogP contribution < -0.4 is 5.56 Å². The number of nitrogens with zero attached hydrogens (tertiary/aromatic N) is 4. The van der Waals surface area contributed by atoms with Crippen LogP contribution in [0.5, 0.6) is 0 Å². The summed E-state index contributed by atoms with van der Waals surface area (Å²) < 4.78 is 1.45. The molecule has 26 heavy (non-hydrogen) atoms. The first-order valence-corrected chi connectivity index (χ1v) is 9.51. The number of hydrogen-bond acceptors (Lipinski definition) is 4. The van der Waals surface area contributed by atoms with Crippen molar-refractivity contribution >= 4 is 11.8 Å². The van der Waals surface area contributed by atoms with Crippen LogP contribution in [0.4, 0.5) is 0 Å². The van der Waals surface area contributed by atoms with Gasteiger partial charge in [0.25, 0.3) is 11.5 Å². The molecule has 0 unspecified atom stereocenters. The fourth-order valence-electron chi connectivity index (χ4n) is 3.58. The molecule has 0 spiro atoms. The summed E-state index contributed by atoms with van der Waals surface area (Å²) in [5.41, 5.74) is 0.250. The number of carbonyl (C=O) groups excluding carboxylic acids is 2. The lowest BCUT2D eigenvalue weighted by atomic mass is 10.2. The summed E-state index contributed by atoms with van der Waals surface area (Å²) in [4.78, 5) is 42.7. The number of rotatable bonds is 3. The Morgan fingerprint density at radius 3 is 2.19 bits per heavy atom. The first-order chi connectivity index (χ1) is 12.5. The van der Waals surface area contributed by atoms with Crippen molar-refractivity contribution in [2.24, 2.45) is 7.05 Å². The van der Waals surface area contributed by atoms with E-state index in [1.807, 2.05) is 4.90 Å². The maximum absolute atomic E-state index is 12.6. The van der Waals surface area contributed by atoms with E-state index in [-0.39, 0.29) is 17.4 Å². The summed E-state index contributed by atoms with van der Waals surface area (Å²) in [6, 6.07) is 3.07. The van der Waals surface area contributed by atoms with Crippen LogP contribution in [0, 0.1) is 0 Å². The first kappa shape index (κ1) is 18.6. The van der Waals surface area contributed by atoms with Crippen LogP contribution in [-0.4, -0.2) is 76.9 Å². The summed E-state index contributed by atoms with van der Waals surface area (Å²) in [6.45, 7) is 4.74. The molecule has 1 aromatic rings. The number of amides is 2.